The monoisotopic (exact) mass is 226 g/mol. The van der Waals surface area contributed by atoms with E-state index in [1.807, 2.05) is 54.6 Å². The fourth-order valence-electron chi connectivity index (χ4n) is 1.42. The van der Waals surface area contributed by atoms with E-state index in [2.05, 4.69) is 4.99 Å². The van der Waals surface area contributed by atoms with Crippen LogP contribution in [0.4, 0.5) is 5.69 Å². The van der Waals surface area contributed by atoms with Crippen LogP contribution >= 0.6 is 0 Å². The van der Waals surface area contributed by atoms with Gasteiger partial charge in [0.2, 0.25) is 0 Å². The van der Waals surface area contributed by atoms with Gasteiger partial charge in [-0.2, -0.15) is 0 Å². The van der Waals surface area contributed by atoms with E-state index in [9.17, 15) is 0 Å². The Morgan fingerprint density at radius 1 is 0.941 bits per heavy atom. The third kappa shape index (κ3) is 3.34. The molecule has 0 saturated heterocycles. The minimum atomic E-state index is 0.543. The Labute approximate surface area is 101 Å². The van der Waals surface area contributed by atoms with Crippen LogP contribution in [0.25, 0.3) is 0 Å². The Balaban J connectivity index is 2.11. The third-order valence-electron chi connectivity index (χ3n) is 2.12. The number of nitrogens with two attached hydrogens (primary N) is 1. The quantitative estimate of drug-likeness (QED) is 0.643. The summed E-state index contributed by atoms with van der Waals surface area (Å²) in [7, 11) is 0. The van der Waals surface area contributed by atoms with Crippen molar-refractivity contribution < 1.29 is 4.74 Å². The molecule has 2 N–H and O–H groups in total. The first-order valence-corrected chi connectivity index (χ1v) is 5.38. The van der Waals surface area contributed by atoms with Crippen LogP contribution in [0.15, 0.2) is 59.6 Å². The molecular formula is C14H14N2O. The highest BCUT2D eigenvalue weighted by molar-refractivity contribution is 5.80. The van der Waals surface area contributed by atoms with Gasteiger partial charge in [0.1, 0.15) is 11.5 Å². The Morgan fingerprint density at radius 3 is 2.12 bits per heavy atom. The molecule has 0 aliphatic rings. The first kappa shape index (κ1) is 11.2. The van der Waals surface area contributed by atoms with Crippen molar-refractivity contribution in [3.63, 3.8) is 0 Å². The van der Waals surface area contributed by atoms with Crippen molar-refractivity contribution in [2.75, 3.05) is 0 Å². The third-order valence-corrected chi connectivity index (χ3v) is 2.12. The first-order chi connectivity index (χ1) is 8.24. The summed E-state index contributed by atoms with van der Waals surface area (Å²) < 4.78 is 5.66. The molecule has 0 saturated carbocycles. The van der Waals surface area contributed by atoms with Crippen LogP contribution in [-0.4, -0.2) is 5.84 Å². The van der Waals surface area contributed by atoms with Crippen LogP contribution in [0.1, 0.15) is 6.92 Å². The molecule has 3 heteroatoms. The molecule has 0 spiro atoms. The van der Waals surface area contributed by atoms with Gasteiger partial charge in [0.15, 0.2) is 0 Å². The standard InChI is InChI=1S/C14H14N2O/c1-11(15)16-12-7-9-14(10-8-12)17-13-5-3-2-4-6-13/h2-10H,1H3,(H2,15,16). The summed E-state index contributed by atoms with van der Waals surface area (Å²) in [6, 6.07) is 17.1. The van der Waals surface area contributed by atoms with Crippen molar-refractivity contribution in [3.05, 3.63) is 54.6 Å². The second-order valence-corrected chi connectivity index (χ2v) is 3.66. The molecule has 17 heavy (non-hydrogen) atoms. The number of hydrogen-bond donors (Lipinski definition) is 1. The molecule has 0 atom stereocenters. The predicted molar refractivity (Wildman–Crippen MR) is 69.9 cm³/mol. The van der Waals surface area contributed by atoms with Crippen molar-refractivity contribution in [2.45, 2.75) is 6.92 Å². The van der Waals surface area contributed by atoms with Gasteiger partial charge in [-0.15, -0.1) is 0 Å². The van der Waals surface area contributed by atoms with Crippen molar-refractivity contribution >= 4 is 11.5 Å². The molecular weight excluding hydrogens is 212 g/mol. The lowest BCUT2D eigenvalue weighted by Crippen LogP contribution is -2.03. The molecule has 2 aromatic carbocycles. The topological polar surface area (TPSA) is 47.6 Å². The number of benzene rings is 2. The molecule has 0 radical (unpaired) electrons. The fraction of sp³-hybridized carbons (Fsp3) is 0.0714. The van der Waals surface area contributed by atoms with Crippen LogP contribution in [0.5, 0.6) is 11.5 Å². The van der Waals surface area contributed by atoms with E-state index < -0.39 is 0 Å². The zero-order valence-corrected chi connectivity index (χ0v) is 9.63. The lowest BCUT2D eigenvalue weighted by Gasteiger charge is -2.05. The van der Waals surface area contributed by atoms with Gasteiger partial charge in [-0.25, -0.2) is 4.99 Å². The van der Waals surface area contributed by atoms with Crippen LogP contribution in [-0.2, 0) is 0 Å². The number of rotatable bonds is 3. The Kier molecular flexibility index (Phi) is 3.40. The maximum absolute atomic E-state index is 5.66. The Morgan fingerprint density at radius 2 is 1.53 bits per heavy atom. The molecule has 0 heterocycles. The number of aliphatic imine (C=N–C) groups is 1. The van der Waals surface area contributed by atoms with Gasteiger partial charge in [-0.05, 0) is 43.3 Å². The fourth-order valence-corrected chi connectivity index (χ4v) is 1.42. The van der Waals surface area contributed by atoms with Crippen molar-refractivity contribution in [2.24, 2.45) is 10.7 Å². The molecule has 2 aromatic rings. The van der Waals surface area contributed by atoms with Gasteiger partial charge in [-0.3, -0.25) is 0 Å². The highest BCUT2D eigenvalue weighted by Gasteiger charge is 1.96. The summed E-state index contributed by atoms with van der Waals surface area (Å²) in [5, 5.41) is 0. The highest BCUT2D eigenvalue weighted by atomic mass is 16.5. The van der Waals surface area contributed by atoms with Gasteiger partial charge in [0.05, 0.1) is 11.5 Å². The molecule has 0 aliphatic heterocycles. The number of amidine groups is 1. The average molecular weight is 226 g/mol. The Bertz CT molecular complexity index is 500. The minimum Gasteiger partial charge on any atom is -0.457 e. The normalized spacial score (nSPS) is 11.2. The zero-order chi connectivity index (χ0) is 12.1. The molecule has 0 fully saturated rings. The van der Waals surface area contributed by atoms with Crippen LogP contribution in [0.3, 0.4) is 0 Å². The molecule has 0 aromatic heterocycles. The number of hydrogen-bond acceptors (Lipinski definition) is 2. The summed E-state index contributed by atoms with van der Waals surface area (Å²) in [5.74, 6) is 2.14. The molecule has 0 aliphatic carbocycles. The zero-order valence-electron chi connectivity index (χ0n) is 9.63. The summed E-state index contributed by atoms with van der Waals surface area (Å²) in [6.45, 7) is 1.76. The second kappa shape index (κ2) is 5.16. The molecule has 0 amide bonds. The smallest absolute Gasteiger partial charge is 0.127 e. The van der Waals surface area contributed by atoms with E-state index >= 15 is 0 Å². The summed E-state index contributed by atoms with van der Waals surface area (Å²) in [6.07, 6.45) is 0. The lowest BCUT2D eigenvalue weighted by atomic mass is 10.3. The van der Waals surface area contributed by atoms with E-state index in [1.54, 1.807) is 6.92 Å². The minimum absolute atomic E-state index is 0.543. The van der Waals surface area contributed by atoms with Crippen LogP contribution in [0, 0.1) is 0 Å². The lowest BCUT2D eigenvalue weighted by molar-refractivity contribution is 0.483. The maximum Gasteiger partial charge on any atom is 0.127 e. The van der Waals surface area contributed by atoms with E-state index in [1.165, 1.54) is 0 Å². The van der Waals surface area contributed by atoms with E-state index in [0.717, 1.165) is 17.2 Å². The highest BCUT2D eigenvalue weighted by Crippen LogP contribution is 2.23. The van der Waals surface area contributed by atoms with Crippen LogP contribution < -0.4 is 10.5 Å². The van der Waals surface area contributed by atoms with Gasteiger partial charge >= 0.3 is 0 Å². The molecule has 86 valence electrons. The maximum atomic E-state index is 5.66. The van der Waals surface area contributed by atoms with Crippen molar-refractivity contribution in [1.82, 2.24) is 0 Å². The van der Waals surface area contributed by atoms with Gasteiger partial charge < -0.3 is 10.5 Å². The summed E-state index contributed by atoms with van der Waals surface area (Å²) in [4.78, 5) is 4.15. The predicted octanol–water partition coefficient (Wildman–Crippen LogP) is 3.49. The van der Waals surface area contributed by atoms with E-state index in [-0.39, 0.29) is 0 Å². The molecule has 0 unspecified atom stereocenters. The number of nitrogens with zero attached hydrogens (tertiary/aromatic N) is 1. The summed E-state index contributed by atoms with van der Waals surface area (Å²) in [5.41, 5.74) is 6.33. The SMILES string of the molecule is CC(N)=Nc1ccc(Oc2ccccc2)cc1. The molecule has 3 nitrogen and oxygen atoms in total. The van der Waals surface area contributed by atoms with Crippen LogP contribution in [0.2, 0.25) is 0 Å². The van der Waals surface area contributed by atoms with Gasteiger partial charge in [0, 0.05) is 0 Å². The molecule has 0 bridgehead atoms. The van der Waals surface area contributed by atoms with Gasteiger partial charge in [0.25, 0.3) is 0 Å². The van der Waals surface area contributed by atoms with Crippen molar-refractivity contribution in [3.8, 4) is 11.5 Å². The average Bonchev–Trinajstić information content (AvgIpc) is 2.32. The Hall–Kier alpha value is -2.29. The number of ether oxygens (including phenoxy) is 1. The van der Waals surface area contributed by atoms with Gasteiger partial charge in [-0.1, -0.05) is 18.2 Å². The second-order valence-electron chi connectivity index (χ2n) is 3.66. The molecule has 2 rings (SSSR count). The first-order valence-electron chi connectivity index (χ1n) is 5.38. The summed E-state index contributed by atoms with van der Waals surface area (Å²) >= 11 is 0. The van der Waals surface area contributed by atoms with Crippen molar-refractivity contribution in [1.29, 1.82) is 0 Å². The number of para-hydroxylation sites is 1. The van der Waals surface area contributed by atoms with E-state index in [4.69, 9.17) is 10.5 Å². The van der Waals surface area contributed by atoms with E-state index in [0.29, 0.717) is 5.84 Å². The largest absolute Gasteiger partial charge is 0.457 e.